The third-order valence-corrected chi connectivity index (χ3v) is 5.29. The normalized spacial score (nSPS) is 13.7. The maximum absolute atomic E-state index is 13.3. The van der Waals surface area contributed by atoms with Crippen molar-refractivity contribution in [3.63, 3.8) is 0 Å². The van der Waals surface area contributed by atoms with Crippen LogP contribution < -0.4 is 0 Å². The van der Waals surface area contributed by atoms with E-state index < -0.39 is 39.3 Å². The molecule has 29 heavy (non-hydrogen) atoms. The molecule has 0 fully saturated rings. The van der Waals surface area contributed by atoms with Gasteiger partial charge in [0.05, 0.1) is 14.6 Å². The van der Waals surface area contributed by atoms with Gasteiger partial charge in [-0.1, -0.05) is 17.3 Å². The number of hydrogen-bond donors (Lipinski definition) is 0. The van der Waals surface area contributed by atoms with Crippen molar-refractivity contribution in [1.82, 2.24) is 10.1 Å². The van der Waals surface area contributed by atoms with Crippen LogP contribution in [0.2, 0.25) is 0 Å². The molecule has 0 saturated heterocycles. The first-order valence-corrected chi connectivity index (χ1v) is 9.62. The summed E-state index contributed by atoms with van der Waals surface area (Å²) in [6.07, 6.45) is -3.70. The van der Waals surface area contributed by atoms with E-state index in [2.05, 4.69) is 19.0 Å². The van der Waals surface area contributed by atoms with Crippen molar-refractivity contribution in [3.05, 3.63) is 65.6 Å². The third-order valence-electron chi connectivity index (χ3n) is 3.64. The summed E-state index contributed by atoms with van der Waals surface area (Å²) in [7, 11) is -3.37. The molecule has 0 bridgehead atoms. The average molecular weight is 431 g/mol. The summed E-state index contributed by atoms with van der Waals surface area (Å²) in [5.41, 5.74) is 0.101. The molecule has 0 aliphatic rings. The fraction of sp³-hybridized carbons (Fsp3) is 0.118. The predicted octanol–water partition coefficient (Wildman–Crippen LogP) is 4.33. The molecule has 1 heterocycles. The minimum absolute atomic E-state index is 0.0366. The van der Waals surface area contributed by atoms with Gasteiger partial charge in [-0.15, -0.1) is 0 Å². The van der Waals surface area contributed by atoms with Gasteiger partial charge in [-0.2, -0.15) is 22.5 Å². The van der Waals surface area contributed by atoms with Gasteiger partial charge in [-0.3, -0.25) is 4.79 Å². The molecule has 0 radical (unpaired) electrons. The zero-order valence-corrected chi connectivity index (χ0v) is 15.2. The second-order valence-corrected chi connectivity index (χ2v) is 8.03. The van der Waals surface area contributed by atoms with Crippen molar-refractivity contribution in [1.29, 1.82) is 0 Å². The van der Waals surface area contributed by atoms with Crippen LogP contribution in [0.3, 0.4) is 0 Å². The number of carbonyl (C=O) groups is 1. The van der Waals surface area contributed by atoms with Gasteiger partial charge < -0.3 is 4.52 Å². The zero-order valence-electron chi connectivity index (χ0n) is 14.4. The Morgan fingerprint density at radius 3 is 2.28 bits per heavy atom. The van der Waals surface area contributed by atoms with Crippen molar-refractivity contribution in [2.45, 2.75) is 11.1 Å². The van der Waals surface area contributed by atoms with Crippen molar-refractivity contribution in [2.75, 3.05) is 6.26 Å². The third kappa shape index (κ3) is 4.47. The molecule has 0 aliphatic carbocycles. The lowest BCUT2D eigenvalue weighted by atomic mass is 10.1. The summed E-state index contributed by atoms with van der Waals surface area (Å²) in [6, 6.07) is 7.44. The molecule has 6 nitrogen and oxygen atoms in total. The molecule has 0 aliphatic heterocycles. The lowest BCUT2D eigenvalue weighted by Crippen LogP contribution is -2.05. The Balaban J connectivity index is 1.86. The number of aromatic nitrogens is 2. The summed E-state index contributed by atoms with van der Waals surface area (Å²) < 4.78 is 84.2. The first-order chi connectivity index (χ1) is 13.5. The predicted molar refractivity (Wildman–Crippen MR) is 90.2 cm³/mol. The molecule has 3 aromatic rings. The van der Waals surface area contributed by atoms with Crippen LogP contribution in [0, 0.1) is 11.6 Å². The second-order valence-electron chi connectivity index (χ2n) is 5.77. The maximum atomic E-state index is 13.3. The molecule has 12 heteroatoms. The topological polar surface area (TPSA) is 85.4 Å². The van der Waals surface area contributed by atoms with E-state index in [4.69, 9.17) is 0 Å². The highest BCUT2D eigenvalue weighted by Crippen LogP contribution is 2.29. The van der Waals surface area contributed by atoms with Crippen molar-refractivity contribution in [2.24, 2.45) is 4.36 Å². The van der Waals surface area contributed by atoms with E-state index >= 15 is 0 Å². The molecular weight excluding hydrogens is 421 g/mol. The van der Waals surface area contributed by atoms with Gasteiger partial charge in [0.25, 0.3) is 5.91 Å². The molecule has 1 unspecified atom stereocenters. The largest absolute Gasteiger partial charge is 0.471 e. The molecule has 3 rings (SSSR count). The van der Waals surface area contributed by atoms with Crippen LogP contribution in [0.5, 0.6) is 0 Å². The van der Waals surface area contributed by atoms with Crippen molar-refractivity contribution >= 4 is 15.6 Å². The summed E-state index contributed by atoms with van der Waals surface area (Å²) >= 11 is 0. The highest BCUT2D eigenvalue weighted by molar-refractivity contribution is 7.93. The van der Waals surface area contributed by atoms with E-state index in [-0.39, 0.29) is 21.8 Å². The van der Waals surface area contributed by atoms with Crippen LogP contribution in [0.25, 0.3) is 11.4 Å². The first-order valence-electron chi connectivity index (χ1n) is 7.70. The summed E-state index contributed by atoms with van der Waals surface area (Å²) in [5, 5.41) is 3.22. The van der Waals surface area contributed by atoms with Gasteiger partial charge in [0.15, 0.2) is 11.6 Å². The smallest absolute Gasteiger partial charge is 0.329 e. The van der Waals surface area contributed by atoms with Gasteiger partial charge in [0.1, 0.15) is 0 Å². The fourth-order valence-corrected chi connectivity index (χ4v) is 3.36. The molecule has 1 amide bonds. The molecule has 1 aromatic heterocycles. The minimum Gasteiger partial charge on any atom is -0.329 e. The fourth-order valence-electron chi connectivity index (χ4n) is 2.19. The molecular formula is C17H10F5N3O3S. The highest BCUT2D eigenvalue weighted by Gasteiger charge is 2.38. The maximum Gasteiger partial charge on any atom is 0.471 e. The van der Waals surface area contributed by atoms with Crippen molar-refractivity contribution in [3.8, 4) is 11.4 Å². The number of amides is 1. The number of halogens is 5. The monoisotopic (exact) mass is 431 g/mol. The van der Waals surface area contributed by atoms with E-state index in [0.29, 0.717) is 6.07 Å². The Kier molecular flexibility index (Phi) is 5.22. The van der Waals surface area contributed by atoms with E-state index in [1.54, 1.807) is 0 Å². The molecule has 0 spiro atoms. The standard InChI is InChI=1S/C17H10F5N3O3S/c1-29(27,11-6-7-12(18)13(19)8-11)25-15(26)10-4-2-9(3-5-10)14-23-16(28-24-14)17(20,21)22/h2-8H,1H3. The van der Waals surface area contributed by atoms with Crippen LogP contribution in [0.4, 0.5) is 22.0 Å². The molecule has 1 atom stereocenters. The van der Waals surface area contributed by atoms with E-state index in [1.165, 1.54) is 24.3 Å². The molecule has 0 saturated carbocycles. The highest BCUT2D eigenvalue weighted by atomic mass is 32.2. The Labute approximate surface area is 160 Å². The number of hydrogen-bond acceptors (Lipinski definition) is 5. The van der Waals surface area contributed by atoms with Crippen LogP contribution in [-0.4, -0.2) is 26.5 Å². The van der Waals surface area contributed by atoms with E-state index in [1.807, 2.05) is 0 Å². The van der Waals surface area contributed by atoms with Gasteiger partial charge in [-0.25, -0.2) is 13.0 Å². The zero-order chi connectivity index (χ0) is 21.4. The Morgan fingerprint density at radius 2 is 1.72 bits per heavy atom. The minimum atomic E-state index is -4.79. The molecule has 152 valence electrons. The summed E-state index contributed by atoms with van der Waals surface area (Å²) in [4.78, 5) is 15.3. The summed E-state index contributed by atoms with van der Waals surface area (Å²) in [6.45, 7) is 0. The van der Waals surface area contributed by atoms with Gasteiger partial charge in [0.2, 0.25) is 5.82 Å². The van der Waals surface area contributed by atoms with Gasteiger partial charge in [0, 0.05) is 17.4 Å². The SMILES string of the molecule is CS(=O)(=NC(=O)c1ccc(-c2noc(C(F)(F)F)n2)cc1)c1ccc(F)c(F)c1. The van der Waals surface area contributed by atoms with E-state index in [9.17, 15) is 31.0 Å². The van der Waals surface area contributed by atoms with Crippen LogP contribution >= 0.6 is 0 Å². The Morgan fingerprint density at radius 1 is 1.07 bits per heavy atom. The lowest BCUT2D eigenvalue weighted by Gasteiger charge is -2.05. The van der Waals surface area contributed by atoms with Gasteiger partial charge >= 0.3 is 12.1 Å². The number of carbonyl (C=O) groups excluding carboxylic acids is 1. The van der Waals surface area contributed by atoms with E-state index in [0.717, 1.165) is 18.4 Å². The number of benzene rings is 2. The summed E-state index contributed by atoms with van der Waals surface area (Å²) in [5.74, 6) is -5.14. The van der Waals surface area contributed by atoms with Crippen LogP contribution in [0.15, 0.2) is 56.2 Å². The number of nitrogens with zero attached hydrogens (tertiary/aromatic N) is 3. The number of rotatable bonds is 3. The first kappa shape index (κ1) is 20.6. The number of alkyl halides is 3. The van der Waals surface area contributed by atoms with Gasteiger partial charge in [-0.05, 0) is 30.3 Å². The Bertz CT molecular complexity index is 1200. The molecule has 2 aromatic carbocycles. The van der Waals surface area contributed by atoms with Crippen LogP contribution in [0.1, 0.15) is 16.2 Å². The Hall–Kier alpha value is -3.15. The molecule has 0 N–H and O–H groups in total. The lowest BCUT2D eigenvalue weighted by molar-refractivity contribution is -0.159. The second kappa shape index (κ2) is 7.35. The average Bonchev–Trinajstić information content (AvgIpc) is 3.14. The van der Waals surface area contributed by atoms with Crippen LogP contribution in [-0.2, 0) is 15.9 Å². The quantitative estimate of drug-likeness (QED) is 0.577. The van der Waals surface area contributed by atoms with Crippen molar-refractivity contribution < 1.29 is 35.5 Å².